The molecule has 0 radical (unpaired) electrons. The van der Waals surface area contributed by atoms with Crippen LogP contribution in [0.25, 0.3) is 0 Å². The average molecular weight is 363 g/mol. The Labute approximate surface area is 128 Å². The van der Waals surface area contributed by atoms with E-state index in [2.05, 4.69) is 26.3 Å². The van der Waals surface area contributed by atoms with Gasteiger partial charge in [-0.3, -0.25) is 9.48 Å². The molecule has 0 spiro atoms. The van der Waals surface area contributed by atoms with Crippen molar-refractivity contribution in [1.82, 2.24) is 9.78 Å². The number of halogens is 3. The van der Waals surface area contributed by atoms with Crippen LogP contribution in [0.2, 0.25) is 10.0 Å². The Kier molecular flexibility index (Phi) is 4.18. The molecule has 0 aliphatic rings. The quantitative estimate of drug-likeness (QED) is 0.875. The van der Waals surface area contributed by atoms with E-state index in [1.807, 2.05) is 6.92 Å². The van der Waals surface area contributed by atoms with Crippen molar-refractivity contribution in [2.24, 2.45) is 7.05 Å². The molecule has 100 valence electrons. The Hall–Kier alpha value is -1.04. The fraction of sp³-hybridized carbons (Fsp3) is 0.167. The van der Waals surface area contributed by atoms with E-state index < -0.39 is 0 Å². The van der Waals surface area contributed by atoms with E-state index in [0.29, 0.717) is 25.9 Å². The number of carbonyl (C=O) groups is 1. The molecule has 0 saturated carbocycles. The number of anilines is 1. The number of aromatic nitrogens is 2. The van der Waals surface area contributed by atoms with Crippen LogP contribution in [0, 0.1) is 6.92 Å². The zero-order valence-electron chi connectivity index (χ0n) is 10.2. The van der Waals surface area contributed by atoms with Gasteiger partial charge in [0.2, 0.25) is 0 Å². The van der Waals surface area contributed by atoms with E-state index >= 15 is 0 Å². The van der Waals surface area contributed by atoms with Crippen LogP contribution < -0.4 is 5.32 Å². The second-order valence-electron chi connectivity index (χ2n) is 3.95. The first kappa shape index (κ1) is 14.4. The molecule has 4 nitrogen and oxygen atoms in total. The van der Waals surface area contributed by atoms with Gasteiger partial charge >= 0.3 is 0 Å². The summed E-state index contributed by atoms with van der Waals surface area (Å²) in [4.78, 5) is 12.2. The Balaban J connectivity index is 2.28. The molecule has 0 bridgehead atoms. The largest absolute Gasteiger partial charge is 0.321 e. The minimum absolute atomic E-state index is 0.270. The summed E-state index contributed by atoms with van der Waals surface area (Å²) in [5.41, 5.74) is 1.77. The molecule has 1 amide bonds. The third-order valence-corrected chi connectivity index (χ3v) is 4.23. The SMILES string of the molecule is Cc1nn(C)c(C(=O)Nc2ccc(Cl)c(Cl)c2)c1Br. The molecule has 0 saturated heterocycles. The predicted octanol–water partition coefficient (Wildman–Crippen LogP) is 4.05. The van der Waals surface area contributed by atoms with Gasteiger partial charge in [-0.2, -0.15) is 5.10 Å². The molecular formula is C12H10BrCl2N3O. The van der Waals surface area contributed by atoms with Crippen LogP contribution in [0.1, 0.15) is 16.2 Å². The molecule has 1 aromatic carbocycles. The maximum atomic E-state index is 12.2. The Morgan fingerprint density at radius 1 is 1.37 bits per heavy atom. The number of amides is 1. The maximum Gasteiger partial charge on any atom is 0.275 e. The molecule has 2 aromatic rings. The van der Waals surface area contributed by atoms with E-state index in [0.717, 1.165) is 5.69 Å². The second-order valence-corrected chi connectivity index (χ2v) is 5.56. The highest BCUT2D eigenvalue weighted by atomic mass is 79.9. The Morgan fingerprint density at radius 2 is 2.05 bits per heavy atom. The fourth-order valence-corrected chi connectivity index (χ4v) is 2.46. The van der Waals surface area contributed by atoms with Crippen molar-refractivity contribution in [3.63, 3.8) is 0 Å². The number of aryl methyl sites for hydroxylation is 2. The van der Waals surface area contributed by atoms with Crippen molar-refractivity contribution in [2.45, 2.75) is 6.92 Å². The van der Waals surface area contributed by atoms with Gasteiger partial charge in [0.15, 0.2) is 0 Å². The summed E-state index contributed by atoms with van der Waals surface area (Å²) in [6.45, 7) is 1.82. The lowest BCUT2D eigenvalue weighted by atomic mass is 10.3. The first-order chi connectivity index (χ1) is 8.90. The molecule has 1 aromatic heterocycles. The van der Waals surface area contributed by atoms with Gasteiger partial charge in [-0.15, -0.1) is 0 Å². The molecule has 1 heterocycles. The maximum absolute atomic E-state index is 12.2. The molecule has 0 unspecified atom stereocenters. The van der Waals surface area contributed by atoms with Gasteiger partial charge < -0.3 is 5.32 Å². The van der Waals surface area contributed by atoms with Crippen LogP contribution in [-0.2, 0) is 7.05 Å². The molecule has 19 heavy (non-hydrogen) atoms. The lowest BCUT2D eigenvalue weighted by Gasteiger charge is -2.07. The van der Waals surface area contributed by atoms with Crippen LogP contribution in [0.3, 0.4) is 0 Å². The minimum atomic E-state index is -0.270. The molecule has 0 atom stereocenters. The third-order valence-electron chi connectivity index (χ3n) is 2.54. The van der Waals surface area contributed by atoms with Crippen LogP contribution in [0.15, 0.2) is 22.7 Å². The van der Waals surface area contributed by atoms with Crippen molar-refractivity contribution in [3.05, 3.63) is 44.1 Å². The second kappa shape index (κ2) is 5.53. The molecular weight excluding hydrogens is 353 g/mol. The van der Waals surface area contributed by atoms with Gasteiger partial charge in [0.1, 0.15) is 5.69 Å². The van der Waals surface area contributed by atoms with Gasteiger partial charge in [0, 0.05) is 12.7 Å². The number of hydrogen-bond donors (Lipinski definition) is 1. The Morgan fingerprint density at radius 3 is 2.58 bits per heavy atom. The summed E-state index contributed by atoms with van der Waals surface area (Å²) in [6.07, 6.45) is 0. The van der Waals surface area contributed by atoms with Crippen molar-refractivity contribution < 1.29 is 4.79 Å². The fourth-order valence-electron chi connectivity index (χ4n) is 1.64. The summed E-state index contributed by atoms with van der Waals surface area (Å²) in [5.74, 6) is -0.270. The molecule has 1 N–H and O–H groups in total. The zero-order chi connectivity index (χ0) is 14.2. The first-order valence-corrected chi connectivity index (χ1v) is 6.90. The number of hydrogen-bond acceptors (Lipinski definition) is 2. The topological polar surface area (TPSA) is 46.9 Å². The van der Waals surface area contributed by atoms with Crippen molar-refractivity contribution in [3.8, 4) is 0 Å². The summed E-state index contributed by atoms with van der Waals surface area (Å²) in [7, 11) is 1.71. The molecule has 0 fully saturated rings. The zero-order valence-corrected chi connectivity index (χ0v) is 13.3. The molecule has 0 aliphatic heterocycles. The van der Waals surface area contributed by atoms with E-state index in [-0.39, 0.29) is 5.91 Å². The lowest BCUT2D eigenvalue weighted by molar-refractivity contribution is 0.101. The highest BCUT2D eigenvalue weighted by molar-refractivity contribution is 9.10. The van der Waals surface area contributed by atoms with E-state index in [1.165, 1.54) is 4.68 Å². The average Bonchev–Trinajstić information content (AvgIpc) is 2.58. The summed E-state index contributed by atoms with van der Waals surface area (Å²) in [5, 5.41) is 7.75. The number of benzene rings is 1. The van der Waals surface area contributed by atoms with Crippen LogP contribution in [0.5, 0.6) is 0 Å². The summed E-state index contributed by atoms with van der Waals surface area (Å²) in [6, 6.07) is 4.91. The van der Waals surface area contributed by atoms with Gasteiger partial charge in [-0.1, -0.05) is 23.2 Å². The summed E-state index contributed by atoms with van der Waals surface area (Å²) >= 11 is 15.1. The number of nitrogens with zero attached hydrogens (tertiary/aromatic N) is 2. The van der Waals surface area contributed by atoms with Crippen LogP contribution in [0.4, 0.5) is 5.69 Å². The number of rotatable bonds is 2. The van der Waals surface area contributed by atoms with E-state index in [4.69, 9.17) is 23.2 Å². The normalized spacial score (nSPS) is 10.6. The van der Waals surface area contributed by atoms with Gasteiger partial charge in [0.25, 0.3) is 5.91 Å². The molecule has 2 rings (SSSR count). The first-order valence-electron chi connectivity index (χ1n) is 5.35. The van der Waals surface area contributed by atoms with Crippen molar-refractivity contribution >= 4 is 50.7 Å². The predicted molar refractivity (Wildman–Crippen MR) is 80.1 cm³/mol. The number of nitrogens with one attached hydrogen (secondary N) is 1. The smallest absolute Gasteiger partial charge is 0.275 e. The van der Waals surface area contributed by atoms with Crippen LogP contribution >= 0.6 is 39.1 Å². The van der Waals surface area contributed by atoms with Crippen molar-refractivity contribution in [2.75, 3.05) is 5.32 Å². The van der Waals surface area contributed by atoms with Gasteiger partial charge in [-0.25, -0.2) is 0 Å². The Bertz CT molecular complexity index is 655. The standard InChI is InChI=1S/C12H10BrCl2N3O/c1-6-10(13)11(18(2)17-6)12(19)16-7-3-4-8(14)9(15)5-7/h3-5H,1-2H3,(H,16,19). The van der Waals surface area contributed by atoms with Gasteiger partial charge in [-0.05, 0) is 41.1 Å². The summed E-state index contributed by atoms with van der Waals surface area (Å²) < 4.78 is 2.19. The highest BCUT2D eigenvalue weighted by Crippen LogP contribution is 2.26. The van der Waals surface area contributed by atoms with Gasteiger partial charge in [0.05, 0.1) is 20.2 Å². The lowest BCUT2D eigenvalue weighted by Crippen LogP contribution is -2.16. The van der Waals surface area contributed by atoms with E-state index in [9.17, 15) is 4.79 Å². The van der Waals surface area contributed by atoms with Crippen LogP contribution in [-0.4, -0.2) is 15.7 Å². The minimum Gasteiger partial charge on any atom is -0.321 e. The highest BCUT2D eigenvalue weighted by Gasteiger charge is 2.18. The number of carbonyl (C=O) groups excluding carboxylic acids is 1. The third kappa shape index (κ3) is 2.94. The molecule has 7 heteroatoms. The monoisotopic (exact) mass is 361 g/mol. The van der Waals surface area contributed by atoms with E-state index in [1.54, 1.807) is 25.2 Å². The van der Waals surface area contributed by atoms with Crippen molar-refractivity contribution in [1.29, 1.82) is 0 Å². The molecule has 0 aliphatic carbocycles.